The number of likely N-dealkylation sites (N-methyl/N-ethyl adjacent to an activating group) is 1. The van der Waals surface area contributed by atoms with Gasteiger partial charge in [0.05, 0.1) is 24.4 Å². The number of H-pyrrole nitrogens is 1. The number of carbonyl (C=O) groups is 1. The van der Waals surface area contributed by atoms with Crippen molar-refractivity contribution >= 4 is 33.2 Å². The highest BCUT2D eigenvalue weighted by Crippen LogP contribution is 2.42. The molecule has 0 saturated heterocycles. The van der Waals surface area contributed by atoms with Gasteiger partial charge in [0.15, 0.2) is 11.4 Å². The molecule has 0 bridgehead atoms. The second kappa shape index (κ2) is 10.2. The molecule has 1 fully saturated rings. The van der Waals surface area contributed by atoms with Crippen LogP contribution < -0.4 is 10.1 Å². The quantitative estimate of drug-likeness (QED) is 0.361. The van der Waals surface area contributed by atoms with Crippen molar-refractivity contribution in [3.8, 4) is 17.0 Å². The maximum Gasteiger partial charge on any atom is 0.234 e. The van der Waals surface area contributed by atoms with Crippen LogP contribution in [0, 0.1) is 0 Å². The van der Waals surface area contributed by atoms with Crippen molar-refractivity contribution in [1.82, 2.24) is 34.8 Å². The summed E-state index contributed by atoms with van der Waals surface area (Å²) in [7, 11) is 3.63. The van der Waals surface area contributed by atoms with Crippen molar-refractivity contribution in [2.24, 2.45) is 0 Å². The first-order valence-electron chi connectivity index (χ1n) is 12.8. The molecule has 0 unspecified atom stereocenters. The van der Waals surface area contributed by atoms with E-state index in [2.05, 4.69) is 41.2 Å². The van der Waals surface area contributed by atoms with Crippen LogP contribution in [0.4, 0.5) is 0 Å². The van der Waals surface area contributed by atoms with E-state index in [-0.39, 0.29) is 11.9 Å². The summed E-state index contributed by atoms with van der Waals surface area (Å²) in [6, 6.07) is 2.28. The van der Waals surface area contributed by atoms with E-state index in [0.29, 0.717) is 29.8 Å². The molecule has 0 aliphatic heterocycles. The highest BCUT2D eigenvalue weighted by molar-refractivity contribution is 7.18. The Balaban J connectivity index is 1.36. The average Bonchev–Trinajstić information content (AvgIpc) is 3.57. The number of hydrogen-bond donors (Lipinski definition) is 2. The summed E-state index contributed by atoms with van der Waals surface area (Å²) in [6.45, 7) is 7.82. The van der Waals surface area contributed by atoms with Gasteiger partial charge in [0.2, 0.25) is 5.91 Å². The van der Waals surface area contributed by atoms with Crippen molar-refractivity contribution < 1.29 is 9.53 Å². The topological polar surface area (TPSA) is 100 Å². The second-order valence-electron chi connectivity index (χ2n) is 10.1. The lowest BCUT2D eigenvalue weighted by Gasteiger charge is -2.28. The van der Waals surface area contributed by atoms with Gasteiger partial charge in [0, 0.05) is 29.3 Å². The Morgan fingerprint density at radius 3 is 2.81 bits per heavy atom. The van der Waals surface area contributed by atoms with Gasteiger partial charge in [-0.3, -0.25) is 9.69 Å². The lowest BCUT2D eigenvalue weighted by Crippen LogP contribution is -2.42. The van der Waals surface area contributed by atoms with Gasteiger partial charge in [-0.15, -0.1) is 11.3 Å². The third kappa shape index (κ3) is 4.71. The Bertz CT molecular complexity index is 1360. The average molecular weight is 510 g/mol. The Labute approximate surface area is 215 Å². The van der Waals surface area contributed by atoms with E-state index in [1.807, 2.05) is 24.2 Å². The normalized spacial score (nSPS) is 18.5. The molecule has 4 aromatic rings. The SMILES string of the molecule is CCN(C)CC(=O)N[C@H]1CC[C@H](c2nc3c(C(C)C)c(-c4cc(OC)c5ncnn5c4)[nH]c3s2)CC1. The summed E-state index contributed by atoms with van der Waals surface area (Å²) in [5, 5.41) is 8.74. The van der Waals surface area contributed by atoms with Gasteiger partial charge in [0.1, 0.15) is 16.7 Å². The fourth-order valence-corrected chi connectivity index (χ4v) is 6.32. The van der Waals surface area contributed by atoms with Crippen LogP contribution in [0.25, 0.3) is 27.3 Å². The van der Waals surface area contributed by atoms with Gasteiger partial charge in [-0.2, -0.15) is 5.10 Å². The number of carbonyl (C=O) groups excluding carboxylic acids is 1. The van der Waals surface area contributed by atoms with Gasteiger partial charge in [-0.1, -0.05) is 20.8 Å². The predicted octanol–water partition coefficient (Wildman–Crippen LogP) is 4.56. The molecule has 5 rings (SSSR count). The number of fused-ring (bicyclic) bond motifs is 2. The largest absolute Gasteiger partial charge is 0.493 e. The molecule has 4 aromatic heterocycles. The maximum atomic E-state index is 12.3. The lowest BCUT2D eigenvalue weighted by molar-refractivity contribution is -0.122. The molecule has 4 heterocycles. The number of thiazole rings is 1. The first kappa shape index (κ1) is 24.7. The zero-order chi connectivity index (χ0) is 25.4. The molecule has 1 aliphatic rings. The standard InChI is InChI=1S/C26H35N7O2S/c1-6-32(4)13-20(34)29-18-9-7-16(8-10-18)25-31-23-21(15(2)3)22(30-26(23)36-25)17-11-19(35-5)24-27-14-28-33(24)12-17/h11-12,14-16,18,30H,6-10,13H2,1-5H3,(H,29,34)/t16-,18-. The van der Waals surface area contributed by atoms with E-state index >= 15 is 0 Å². The molecule has 9 nitrogen and oxygen atoms in total. The number of nitrogens with zero attached hydrogens (tertiary/aromatic N) is 5. The van der Waals surface area contributed by atoms with Gasteiger partial charge < -0.3 is 15.0 Å². The van der Waals surface area contributed by atoms with Gasteiger partial charge >= 0.3 is 0 Å². The molecule has 0 aromatic carbocycles. The van der Waals surface area contributed by atoms with E-state index in [1.165, 1.54) is 16.9 Å². The van der Waals surface area contributed by atoms with Crippen molar-refractivity contribution in [3.63, 3.8) is 0 Å². The Morgan fingerprint density at radius 1 is 1.33 bits per heavy atom. The summed E-state index contributed by atoms with van der Waals surface area (Å²) in [5.41, 5.74) is 5.05. The number of hydrogen-bond acceptors (Lipinski definition) is 7. The molecule has 1 aliphatic carbocycles. The number of methoxy groups -OCH3 is 1. The first-order chi connectivity index (χ1) is 17.4. The Morgan fingerprint density at radius 2 is 2.11 bits per heavy atom. The van der Waals surface area contributed by atoms with Crippen LogP contribution in [0.5, 0.6) is 5.75 Å². The van der Waals surface area contributed by atoms with Crippen LogP contribution in [-0.4, -0.2) is 68.7 Å². The summed E-state index contributed by atoms with van der Waals surface area (Å²) in [5.74, 6) is 1.56. The smallest absolute Gasteiger partial charge is 0.234 e. The monoisotopic (exact) mass is 509 g/mol. The van der Waals surface area contributed by atoms with E-state index in [0.717, 1.165) is 53.8 Å². The van der Waals surface area contributed by atoms with Gasteiger partial charge in [0.25, 0.3) is 0 Å². The highest BCUT2D eigenvalue weighted by atomic mass is 32.1. The lowest BCUT2D eigenvalue weighted by atomic mass is 9.86. The molecule has 0 radical (unpaired) electrons. The van der Waals surface area contributed by atoms with Gasteiger partial charge in [-0.25, -0.2) is 14.5 Å². The van der Waals surface area contributed by atoms with Crippen LogP contribution in [0.2, 0.25) is 0 Å². The van der Waals surface area contributed by atoms with Crippen molar-refractivity contribution in [1.29, 1.82) is 0 Å². The fourth-order valence-electron chi connectivity index (χ4n) is 5.17. The molecule has 1 saturated carbocycles. The van der Waals surface area contributed by atoms with Crippen LogP contribution in [0.15, 0.2) is 18.6 Å². The molecule has 2 N–H and O–H groups in total. The zero-order valence-corrected chi connectivity index (χ0v) is 22.5. The molecule has 10 heteroatoms. The molecular weight excluding hydrogens is 474 g/mol. The van der Waals surface area contributed by atoms with E-state index in [9.17, 15) is 4.79 Å². The van der Waals surface area contributed by atoms with Gasteiger partial charge in [-0.05, 0) is 51.3 Å². The number of pyridine rings is 1. The minimum absolute atomic E-state index is 0.125. The Kier molecular flexibility index (Phi) is 6.98. The van der Waals surface area contributed by atoms with Crippen LogP contribution in [0.1, 0.15) is 68.9 Å². The molecule has 192 valence electrons. The second-order valence-corrected chi connectivity index (χ2v) is 11.1. The summed E-state index contributed by atoms with van der Waals surface area (Å²) in [6.07, 6.45) is 7.62. The molecule has 36 heavy (non-hydrogen) atoms. The Hall–Kier alpha value is -2.98. The zero-order valence-electron chi connectivity index (χ0n) is 21.7. The number of aromatic nitrogens is 5. The predicted molar refractivity (Wildman–Crippen MR) is 143 cm³/mol. The van der Waals surface area contributed by atoms with Crippen LogP contribution in [0.3, 0.4) is 0 Å². The number of ether oxygens (including phenoxy) is 1. The number of aromatic amines is 1. The molecule has 0 atom stereocenters. The van der Waals surface area contributed by atoms with E-state index in [4.69, 9.17) is 9.72 Å². The number of nitrogens with one attached hydrogen (secondary N) is 2. The number of rotatable bonds is 8. The van der Waals surface area contributed by atoms with Crippen molar-refractivity contribution in [2.45, 2.75) is 64.3 Å². The molecule has 0 spiro atoms. The number of amides is 1. The first-order valence-corrected chi connectivity index (χ1v) is 13.6. The highest BCUT2D eigenvalue weighted by Gasteiger charge is 2.28. The van der Waals surface area contributed by atoms with E-state index < -0.39 is 0 Å². The molecule has 1 amide bonds. The summed E-state index contributed by atoms with van der Waals surface area (Å²) >= 11 is 1.77. The maximum absolute atomic E-state index is 12.3. The van der Waals surface area contributed by atoms with E-state index in [1.54, 1.807) is 23.0 Å². The van der Waals surface area contributed by atoms with Crippen molar-refractivity contribution in [2.75, 3.05) is 27.2 Å². The minimum atomic E-state index is 0.125. The van der Waals surface area contributed by atoms with Crippen LogP contribution >= 0.6 is 11.3 Å². The van der Waals surface area contributed by atoms with Crippen LogP contribution in [-0.2, 0) is 4.79 Å². The fraction of sp³-hybridized carbons (Fsp3) is 0.538. The summed E-state index contributed by atoms with van der Waals surface area (Å²) in [4.78, 5) is 28.5. The van der Waals surface area contributed by atoms with Crippen molar-refractivity contribution in [3.05, 3.63) is 29.2 Å². The summed E-state index contributed by atoms with van der Waals surface area (Å²) < 4.78 is 7.33. The minimum Gasteiger partial charge on any atom is -0.493 e. The third-order valence-corrected chi connectivity index (χ3v) is 8.36. The molecular formula is C26H35N7O2S. The third-order valence-electron chi connectivity index (χ3n) is 7.23.